The first-order valence-electron chi connectivity index (χ1n) is 8.98. The highest BCUT2D eigenvalue weighted by molar-refractivity contribution is 5.50. The molecule has 0 bridgehead atoms. The summed E-state index contributed by atoms with van der Waals surface area (Å²) in [6.45, 7) is 5.78. The number of piperazine rings is 1. The number of hydrogen-bond donors (Lipinski definition) is 0. The van der Waals surface area contributed by atoms with E-state index in [1.165, 1.54) is 12.1 Å². The van der Waals surface area contributed by atoms with E-state index in [0.29, 0.717) is 18.8 Å². The van der Waals surface area contributed by atoms with E-state index >= 15 is 0 Å². The minimum atomic E-state index is -4.31. The molecule has 0 spiro atoms. The van der Waals surface area contributed by atoms with Gasteiger partial charge in [-0.1, -0.05) is 12.1 Å². The first-order valence-corrected chi connectivity index (χ1v) is 8.98. The van der Waals surface area contributed by atoms with Crippen LogP contribution in [0.3, 0.4) is 0 Å². The topological polar surface area (TPSA) is 23.8 Å². The monoisotopic (exact) mass is 374 g/mol. The molecule has 0 aliphatic carbocycles. The first kappa shape index (κ1) is 17.9. The highest BCUT2D eigenvalue weighted by Crippen LogP contribution is 2.31. The van der Waals surface area contributed by atoms with Gasteiger partial charge in [0.05, 0.1) is 11.3 Å². The van der Waals surface area contributed by atoms with E-state index < -0.39 is 11.7 Å². The molecule has 0 radical (unpaired) electrons. The summed E-state index contributed by atoms with van der Waals surface area (Å²) in [6, 6.07) is 9.62. The lowest BCUT2D eigenvalue weighted by atomic mass is 10.1. The SMILES string of the molecule is Cc1cccn2cc(CN3CCN(c4cccc(C(F)(F)F)c4)CC3)nc12. The van der Waals surface area contributed by atoms with Crippen LogP contribution in [0.4, 0.5) is 18.9 Å². The quantitative estimate of drug-likeness (QED) is 0.693. The minimum Gasteiger partial charge on any atom is -0.369 e. The Balaban J connectivity index is 1.41. The Hall–Kier alpha value is -2.54. The maximum Gasteiger partial charge on any atom is 0.416 e. The van der Waals surface area contributed by atoms with Gasteiger partial charge in [-0.2, -0.15) is 13.2 Å². The lowest BCUT2D eigenvalue weighted by molar-refractivity contribution is -0.137. The van der Waals surface area contributed by atoms with Crippen molar-refractivity contribution in [2.45, 2.75) is 19.6 Å². The van der Waals surface area contributed by atoms with Crippen molar-refractivity contribution in [2.75, 3.05) is 31.1 Å². The summed E-state index contributed by atoms with van der Waals surface area (Å²) in [6.07, 6.45) is -0.273. The van der Waals surface area contributed by atoms with Crippen molar-refractivity contribution in [3.8, 4) is 0 Å². The molecule has 1 aliphatic heterocycles. The van der Waals surface area contributed by atoms with Crippen LogP contribution in [0.25, 0.3) is 5.65 Å². The summed E-state index contributed by atoms with van der Waals surface area (Å²) < 4.78 is 40.8. The van der Waals surface area contributed by atoms with Gasteiger partial charge in [0.1, 0.15) is 5.65 Å². The summed E-state index contributed by atoms with van der Waals surface area (Å²) >= 11 is 0. The molecule has 3 heterocycles. The van der Waals surface area contributed by atoms with Crippen LogP contribution in [0.15, 0.2) is 48.8 Å². The smallest absolute Gasteiger partial charge is 0.369 e. The zero-order chi connectivity index (χ0) is 19.0. The molecule has 0 saturated carbocycles. The van der Waals surface area contributed by atoms with E-state index in [-0.39, 0.29) is 0 Å². The number of alkyl halides is 3. The Morgan fingerprint density at radius 2 is 1.81 bits per heavy atom. The highest BCUT2D eigenvalue weighted by Gasteiger charge is 2.31. The lowest BCUT2D eigenvalue weighted by Crippen LogP contribution is -2.46. The maximum atomic E-state index is 12.9. The lowest BCUT2D eigenvalue weighted by Gasteiger charge is -2.36. The second-order valence-corrected chi connectivity index (χ2v) is 6.97. The Morgan fingerprint density at radius 1 is 1.04 bits per heavy atom. The highest BCUT2D eigenvalue weighted by atomic mass is 19.4. The molecule has 0 unspecified atom stereocenters. The summed E-state index contributed by atoms with van der Waals surface area (Å²) in [4.78, 5) is 9.01. The summed E-state index contributed by atoms with van der Waals surface area (Å²) in [5.41, 5.74) is 3.15. The van der Waals surface area contributed by atoms with Gasteiger partial charge in [-0.25, -0.2) is 4.98 Å². The standard InChI is InChI=1S/C20H21F3N4/c1-15-4-3-7-27-14-17(24-19(15)27)13-25-8-10-26(11-9-25)18-6-2-5-16(12-18)20(21,22)23/h2-7,12,14H,8-11,13H2,1H3. The van der Waals surface area contributed by atoms with Gasteiger partial charge in [-0.3, -0.25) is 4.90 Å². The molecule has 0 amide bonds. The number of imidazole rings is 1. The van der Waals surface area contributed by atoms with Crippen LogP contribution < -0.4 is 4.90 Å². The van der Waals surface area contributed by atoms with E-state index in [0.717, 1.165) is 42.6 Å². The maximum absolute atomic E-state index is 12.9. The first-order chi connectivity index (χ1) is 12.9. The van der Waals surface area contributed by atoms with Gasteiger partial charge in [0, 0.05) is 50.8 Å². The van der Waals surface area contributed by atoms with Gasteiger partial charge in [-0.05, 0) is 36.8 Å². The zero-order valence-corrected chi connectivity index (χ0v) is 15.1. The van der Waals surface area contributed by atoms with Crippen molar-refractivity contribution in [1.82, 2.24) is 14.3 Å². The van der Waals surface area contributed by atoms with Crippen molar-refractivity contribution in [3.63, 3.8) is 0 Å². The Morgan fingerprint density at radius 3 is 2.52 bits per heavy atom. The Bertz CT molecular complexity index is 940. The van der Waals surface area contributed by atoms with Crippen molar-refractivity contribution < 1.29 is 13.2 Å². The summed E-state index contributed by atoms with van der Waals surface area (Å²) in [5, 5.41) is 0. The largest absolute Gasteiger partial charge is 0.416 e. The minimum absolute atomic E-state index is 0.595. The molecule has 7 heteroatoms. The fourth-order valence-electron chi connectivity index (χ4n) is 3.55. The zero-order valence-electron chi connectivity index (χ0n) is 15.1. The Labute approximate surface area is 155 Å². The van der Waals surface area contributed by atoms with E-state index in [1.54, 1.807) is 6.07 Å². The van der Waals surface area contributed by atoms with Gasteiger partial charge >= 0.3 is 6.18 Å². The van der Waals surface area contributed by atoms with Crippen LogP contribution in [0.1, 0.15) is 16.8 Å². The van der Waals surface area contributed by atoms with Gasteiger partial charge in [0.25, 0.3) is 0 Å². The molecule has 1 fully saturated rings. The third-order valence-electron chi connectivity index (χ3n) is 5.02. The van der Waals surface area contributed by atoms with Crippen molar-refractivity contribution in [2.24, 2.45) is 0 Å². The number of aromatic nitrogens is 2. The van der Waals surface area contributed by atoms with Crippen molar-refractivity contribution in [3.05, 3.63) is 65.6 Å². The second-order valence-electron chi connectivity index (χ2n) is 6.97. The van der Waals surface area contributed by atoms with Gasteiger partial charge < -0.3 is 9.30 Å². The van der Waals surface area contributed by atoms with E-state index in [9.17, 15) is 13.2 Å². The molecule has 1 aliphatic rings. The molecule has 1 aromatic carbocycles. The molecule has 3 aromatic rings. The number of benzene rings is 1. The van der Waals surface area contributed by atoms with Crippen LogP contribution in [-0.2, 0) is 12.7 Å². The average Bonchev–Trinajstić information content (AvgIpc) is 3.06. The molecule has 4 nitrogen and oxygen atoms in total. The number of fused-ring (bicyclic) bond motifs is 1. The predicted molar refractivity (Wildman–Crippen MR) is 98.9 cm³/mol. The number of halogens is 3. The Kier molecular flexibility index (Phi) is 4.55. The molecule has 2 aromatic heterocycles. The predicted octanol–water partition coefficient (Wildman–Crippen LogP) is 3.98. The molecular weight excluding hydrogens is 353 g/mol. The molecule has 4 rings (SSSR count). The third-order valence-corrected chi connectivity index (χ3v) is 5.02. The van der Waals surface area contributed by atoms with E-state index in [1.807, 2.05) is 40.8 Å². The summed E-state index contributed by atoms with van der Waals surface area (Å²) in [5.74, 6) is 0. The van der Waals surface area contributed by atoms with Gasteiger partial charge in [0.2, 0.25) is 0 Å². The van der Waals surface area contributed by atoms with Gasteiger partial charge in [0.15, 0.2) is 0 Å². The average molecular weight is 374 g/mol. The second kappa shape index (κ2) is 6.88. The number of pyridine rings is 1. The molecule has 142 valence electrons. The van der Waals surface area contributed by atoms with Crippen LogP contribution in [0.2, 0.25) is 0 Å². The van der Waals surface area contributed by atoms with Crippen molar-refractivity contribution in [1.29, 1.82) is 0 Å². The molecule has 0 atom stereocenters. The van der Waals surface area contributed by atoms with E-state index in [2.05, 4.69) is 4.90 Å². The van der Waals surface area contributed by atoms with E-state index in [4.69, 9.17) is 4.98 Å². The number of nitrogens with zero attached hydrogens (tertiary/aromatic N) is 4. The number of anilines is 1. The number of aryl methyl sites for hydroxylation is 1. The molecule has 27 heavy (non-hydrogen) atoms. The van der Waals surface area contributed by atoms with Crippen LogP contribution in [0.5, 0.6) is 0 Å². The van der Waals surface area contributed by atoms with Crippen LogP contribution >= 0.6 is 0 Å². The summed E-state index contributed by atoms with van der Waals surface area (Å²) in [7, 11) is 0. The van der Waals surface area contributed by atoms with Crippen LogP contribution in [0, 0.1) is 6.92 Å². The fourth-order valence-corrected chi connectivity index (χ4v) is 3.55. The molecule has 0 N–H and O–H groups in total. The van der Waals surface area contributed by atoms with Crippen LogP contribution in [-0.4, -0.2) is 40.5 Å². The van der Waals surface area contributed by atoms with Gasteiger partial charge in [-0.15, -0.1) is 0 Å². The molecular formula is C20H21F3N4. The number of hydrogen-bond acceptors (Lipinski definition) is 3. The fraction of sp³-hybridized carbons (Fsp3) is 0.350. The normalized spacial score (nSPS) is 16.2. The molecule has 1 saturated heterocycles. The third kappa shape index (κ3) is 3.78. The van der Waals surface area contributed by atoms with Crippen molar-refractivity contribution >= 4 is 11.3 Å². The number of rotatable bonds is 3.